The second-order valence-corrected chi connectivity index (χ2v) is 5.95. The first-order valence-corrected chi connectivity index (χ1v) is 7.00. The van der Waals surface area contributed by atoms with E-state index in [0.29, 0.717) is 18.0 Å². The molecule has 94 valence electrons. The van der Waals surface area contributed by atoms with Crippen LogP contribution in [0.4, 0.5) is 0 Å². The van der Waals surface area contributed by atoms with Crippen LogP contribution in [-0.4, -0.2) is 18.5 Å². The van der Waals surface area contributed by atoms with Crippen molar-refractivity contribution in [2.45, 2.75) is 19.9 Å². The molecule has 0 spiro atoms. The number of rotatable bonds is 4. The van der Waals surface area contributed by atoms with E-state index in [2.05, 4.69) is 37.2 Å². The van der Waals surface area contributed by atoms with Gasteiger partial charge in [0.2, 0.25) is 0 Å². The van der Waals surface area contributed by atoms with Crippen LogP contribution in [-0.2, 0) is 0 Å². The minimum atomic E-state index is -0.103. The Morgan fingerprint density at radius 3 is 2.53 bits per heavy atom. The maximum Gasteiger partial charge on any atom is 0.252 e. The Morgan fingerprint density at radius 2 is 2.06 bits per heavy atom. The molecule has 0 bridgehead atoms. The molecule has 3 nitrogen and oxygen atoms in total. The molecule has 0 aliphatic rings. The number of nitrogens with two attached hydrogens (primary N) is 1. The average molecular weight is 364 g/mol. The largest absolute Gasteiger partial charge is 0.348 e. The molecule has 5 heteroatoms. The van der Waals surface area contributed by atoms with Crippen LogP contribution in [0.1, 0.15) is 24.2 Å². The van der Waals surface area contributed by atoms with Gasteiger partial charge in [-0.3, -0.25) is 4.79 Å². The Morgan fingerprint density at radius 1 is 1.41 bits per heavy atom. The van der Waals surface area contributed by atoms with E-state index in [-0.39, 0.29) is 11.9 Å². The molecule has 0 aliphatic carbocycles. The molecule has 17 heavy (non-hydrogen) atoms. The normalized spacial score (nSPS) is 12.6. The number of amides is 1. The number of nitrogens with one attached hydrogen (secondary N) is 1. The van der Waals surface area contributed by atoms with E-state index in [9.17, 15) is 4.79 Å². The van der Waals surface area contributed by atoms with Gasteiger partial charge in [-0.25, -0.2) is 0 Å². The molecule has 0 aliphatic heterocycles. The summed E-state index contributed by atoms with van der Waals surface area (Å²) in [4.78, 5) is 12.0. The zero-order valence-corrected chi connectivity index (χ0v) is 13.0. The molecule has 0 heterocycles. The third-order valence-electron chi connectivity index (χ3n) is 2.55. The zero-order chi connectivity index (χ0) is 13.0. The molecule has 0 fully saturated rings. The van der Waals surface area contributed by atoms with Crippen LogP contribution in [0.2, 0.25) is 0 Å². The topological polar surface area (TPSA) is 55.1 Å². The number of carbonyl (C=O) groups excluding carboxylic acids is 1. The molecular formula is C12H16Br2N2O. The summed E-state index contributed by atoms with van der Waals surface area (Å²) in [7, 11) is 0. The maximum absolute atomic E-state index is 12.0. The second-order valence-electron chi connectivity index (χ2n) is 4.18. The van der Waals surface area contributed by atoms with E-state index in [4.69, 9.17) is 5.73 Å². The van der Waals surface area contributed by atoms with Crippen LogP contribution in [0.25, 0.3) is 0 Å². The van der Waals surface area contributed by atoms with E-state index in [1.54, 1.807) is 6.07 Å². The molecule has 3 N–H and O–H groups in total. The Balaban J connectivity index is 2.82. The van der Waals surface area contributed by atoms with E-state index in [1.807, 2.05) is 26.0 Å². The first-order valence-electron chi connectivity index (χ1n) is 5.41. The Kier molecular flexibility index (Phi) is 5.62. The minimum absolute atomic E-state index is 0.00181. The van der Waals surface area contributed by atoms with Gasteiger partial charge in [0.05, 0.1) is 5.56 Å². The smallest absolute Gasteiger partial charge is 0.252 e. The monoisotopic (exact) mass is 362 g/mol. The Hall–Kier alpha value is -0.390. The summed E-state index contributed by atoms with van der Waals surface area (Å²) in [6.45, 7) is 4.51. The summed E-state index contributed by atoms with van der Waals surface area (Å²) in [6.07, 6.45) is 0. The zero-order valence-electron chi connectivity index (χ0n) is 9.84. The summed E-state index contributed by atoms with van der Waals surface area (Å²) < 4.78 is 1.70. The molecule has 1 aromatic carbocycles. The minimum Gasteiger partial charge on any atom is -0.348 e. The Labute approximate surface area is 118 Å². The lowest BCUT2D eigenvalue weighted by Crippen LogP contribution is -2.43. The van der Waals surface area contributed by atoms with Crippen LogP contribution < -0.4 is 11.1 Å². The van der Waals surface area contributed by atoms with Crippen molar-refractivity contribution in [3.8, 4) is 0 Å². The van der Waals surface area contributed by atoms with Crippen molar-refractivity contribution in [3.05, 3.63) is 32.7 Å². The van der Waals surface area contributed by atoms with Crippen molar-refractivity contribution in [2.75, 3.05) is 6.54 Å². The van der Waals surface area contributed by atoms with Crippen LogP contribution in [0.15, 0.2) is 27.1 Å². The van der Waals surface area contributed by atoms with Crippen molar-refractivity contribution in [3.63, 3.8) is 0 Å². The summed E-state index contributed by atoms with van der Waals surface area (Å²) in [5.74, 6) is 0.215. The third kappa shape index (κ3) is 4.08. The van der Waals surface area contributed by atoms with Gasteiger partial charge in [-0.2, -0.15) is 0 Å². The van der Waals surface area contributed by atoms with Gasteiger partial charge in [0, 0.05) is 21.5 Å². The fourth-order valence-electron chi connectivity index (χ4n) is 1.42. The van der Waals surface area contributed by atoms with Gasteiger partial charge in [0.1, 0.15) is 0 Å². The fraction of sp³-hybridized carbons (Fsp3) is 0.417. The molecule has 0 aromatic heterocycles. The predicted octanol–water partition coefficient (Wildman–Crippen LogP) is 2.92. The first kappa shape index (κ1) is 14.7. The summed E-state index contributed by atoms with van der Waals surface area (Å²) in [6, 6.07) is 5.46. The summed E-state index contributed by atoms with van der Waals surface area (Å²) in [5.41, 5.74) is 6.25. The molecule has 1 atom stereocenters. The van der Waals surface area contributed by atoms with Crippen molar-refractivity contribution >= 4 is 37.8 Å². The highest BCUT2D eigenvalue weighted by molar-refractivity contribution is 9.11. The molecule has 1 rings (SSSR count). The lowest BCUT2D eigenvalue weighted by atomic mass is 10.0. The van der Waals surface area contributed by atoms with Crippen LogP contribution in [0, 0.1) is 5.92 Å². The lowest BCUT2D eigenvalue weighted by Gasteiger charge is -2.20. The highest BCUT2D eigenvalue weighted by Crippen LogP contribution is 2.22. The van der Waals surface area contributed by atoms with Crippen molar-refractivity contribution < 1.29 is 4.79 Å². The van der Waals surface area contributed by atoms with Gasteiger partial charge in [0.15, 0.2) is 0 Å². The van der Waals surface area contributed by atoms with E-state index >= 15 is 0 Å². The summed E-state index contributed by atoms with van der Waals surface area (Å²) >= 11 is 6.73. The van der Waals surface area contributed by atoms with Crippen molar-refractivity contribution in [1.82, 2.24) is 5.32 Å². The third-order valence-corrected chi connectivity index (χ3v) is 3.70. The number of hydrogen-bond donors (Lipinski definition) is 2. The molecule has 0 radical (unpaired) electrons. The van der Waals surface area contributed by atoms with E-state index in [1.165, 1.54) is 0 Å². The van der Waals surface area contributed by atoms with Crippen LogP contribution in [0.3, 0.4) is 0 Å². The second kappa shape index (κ2) is 6.52. The van der Waals surface area contributed by atoms with Crippen LogP contribution in [0.5, 0.6) is 0 Å². The Bertz CT molecular complexity index is 407. The molecule has 1 aromatic rings. The number of hydrogen-bond acceptors (Lipinski definition) is 2. The van der Waals surface area contributed by atoms with Gasteiger partial charge in [0.25, 0.3) is 5.91 Å². The van der Waals surface area contributed by atoms with Crippen molar-refractivity contribution in [2.24, 2.45) is 11.7 Å². The van der Waals surface area contributed by atoms with Gasteiger partial charge in [-0.05, 0) is 40.0 Å². The molecule has 0 saturated heterocycles. The van der Waals surface area contributed by atoms with Gasteiger partial charge in [-0.15, -0.1) is 0 Å². The highest BCUT2D eigenvalue weighted by atomic mass is 79.9. The SMILES string of the molecule is CC(C)C(CN)NC(=O)c1ccc(Br)cc1Br. The van der Waals surface area contributed by atoms with E-state index < -0.39 is 0 Å². The van der Waals surface area contributed by atoms with E-state index in [0.717, 1.165) is 8.95 Å². The number of carbonyl (C=O) groups is 1. The predicted molar refractivity (Wildman–Crippen MR) is 77.0 cm³/mol. The quantitative estimate of drug-likeness (QED) is 0.864. The fourth-order valence-corrected chi connectivity index (χ4v) is 2.64. The van der Waals surface area contributed by atoms with Gasteiger partial charge in [-0.1, -0.05) is 29.8 Å². The standard InChI is InChI=1S/C12H16Br2N2O/c1-7(2)11(6-15)16-12(17)9-4-3-8(13)5-10(9)14/h3-5,7,11H,6,15H2,1-2H3,(H,16,17). The van der Waals surface area contributed by atoms with Crippen LogP contribution >= 0.6 is 31.9 Å². The summed E-state index contributed by atoms with van der Waals surface area (Å²) in [5, 5.41) is 2.93. The first-order chi connectivity index (χ1) is 7.95. The highest BCUT2D eigenvalue weighted by Gasteiger charge is 2.17. The molecule has 0 saturated carbocycles. The number of benzene rings is 1. The maximum atomic E-state index is 12.0. The van der Waals surface area contributed by atoms with Gasteiger partial charge < -0.3 is 11.1 Å². The molecule has 1 amide bonds. The average Bonchev–Trinajstić information content (AvgIpc) is 2.24. The van der Waals surface area contributed by atoms with Crippen molar-refractivity contribution in [1.29, 1.82) is 0 Å². The number of halogens is 2. The van der Waals surface area contributed by atoms with Gasteiger partial charge >= 0.3 is 0 Å². The molecular weight excluding hydrogens is 348 g/mol. The lowest BCUT2D eigenvalue weighted by molar-refractivity contribution is 0.0927. The molecule has 1 unspecified atom stereocenters.